The van der Waals surface area contributed by atoms with Gasteiger partial charge in [-0.3, -0.25) is 0 Å². The van der Waals surface area contributed by atoms with Crippen LogP contribution >= 0.6 is 0 Å². The molecule has 0 fully saturated rings. The Bertz CT molecular complexity index is 574. The number of aromatic nitrogens is 2. The van der Waals surface area contributed by atoms with Crippen LogP contribution in [0.2, 0.25) is 0 Å². The third kappa shape index (κ3) is 2.80. The largest absolute Gasteiger partial charge is 0.497 e. The Labute approximate surface area is 120 Å². The van der Waals surface area contributed by atoms with Gasteiger partial charge in [-0.1, -0.05) is 13.8 Å². The Morgan fingerprint density at radius 2 is 2.10 bits per heavy atom. The molecule has 0 aliphatic carbocycles. The summed E-state index contributed by atoms with van der Waals surface area (Å²) in [7, 11) is 1.68. The SMILES string of the molecule is CCn1c(C(CN)CC(C)C)nc2cc(OC)ccc21. The zero-order valence-corrected chi connectivity index (χ0v) is 12.9. The monoisotopic (exact) mass is 275 g/mol. The number of fused-ring (bicyclic) bond motifs is 1. The number of imidazole rings is 1. The molecule has 0 amide bonds. The molecule has 20 heavy (non-hydrogen) atoms. The van der Waals surface area contributed by atoms with Crippen molar-refractivity contribution >= 4 is 11.0 Å². The number of benzene rings is 1. The molecule has 0 aliphatic rings. The topological polar surface area (TPSA) is 53.1 Å². The summed E-state index contributed by atoms with van der Waals surface area (Å²) in [5, 5.41) is 0. The van der Waals surface area contributed by atoms with Crippen molar-refractivity contribution in [3.8, 4) is 5.75 Å². The van der Waals surface area contributed by atoms with E-state index in [1.807, 2.05) is 12.1 Å². The van der Waals surface area contributed by atoms with Crippen LogP contribution in [0.5, 0.6) is 5.75 Å². The van der Waals surface area contributed by atoms with Crippen LogP contribution in [-0.2, 0) is 6.54 Å². The number of nitrogens with zero attached hydrogens (tertiary/aromatic N) is 2. The maximum atomic E-state index is 5.98. The van der Waals surface area contributed by atoms with Gasteiger partial charge in [0.25, 0.3) is 0 Å². The van der Waals surface area contributed by atoms with Gasteiger partial charge in [0.15, 0.2) is 0 Å². The van der Waals surface area contributed by atoms with Crippen molar-refractivity contribution in [2.75, 3.05) is 13.7 Å². The van der Waals surface area contributed by atoms with Crippen molar-refractivity contribution in [2.24, 2.45) is 11.7 Å². The zero-order chi connectivity index (χ0) is 14.7. The van der Waals surface area contributed by atoms with Gasteiger partial charge in [-0.15, -0.1) is 0 Å². The predicted molar refractivity (Wildman–Crippen MR) is 83.2 cm³/mol. The van der Waals surface area contributed by atoms with Crippen molar-refractivity contribution in [3.05, 3.63) is 24.0 Å². The van der Waals surface area contributed by atoms with Crippen molar-refractivity contribution in [1.82, 2.24) is 9.55 Å². The molecular formula is C16H25N3O. The molecule has 0 aliphatic heterocycles. The summed E-state index contributed by atoms with van der Waals surface area (Å²) in [6.07, 6.45) is 1.07. The Kier molecular flexibility index (Phi) is 4.65. The van der Waals surface area contributed by atoms with Crippen LogP contribution in [0.1, 0.15) is 38.9 Å². The van der Waals surface area contributed by atoms with Crippen LogP contribution in [0.25, 0.3) is 11.0 Å². The summed E-state index contributed by atoms with van der Waals surface area (Å²) in [4.78, 5) is 4.82. The number of hydrogen-bond donors (Lipinski definition) is 1. The molecule has 0 bridgehead atoms. The van der Waals surface area contributed by atoms with Crippen LogP contribution in [0, 0.1) is 5.92 Å². The highest BCUT2D eigenvalue weighted by molar-refractivity contribution is 5.78. The molecule has 110 valence electrons. The van der Waals surface area contributed by atoms with Crippen LogP contribution in [0.3, 0.4) is 0 Å². The third-order valence-electron chi connectivity index (χ3n) is 3.71. The van der Waals surface area contributed by atoms with Crippen LogP contribution < -0.4 is 10.5 Å². The van der Waals surface area contributed by atoms with Gasteiger partial charge in [0.2, 0.25) is 0 Å². The number of ether oxygens (including phenoxy) is 1. The van der Waals surface area contributed by atoms with Gasteiger partial charge in [-0.25, -0.2) is 4.98 Å². The first-order chi connectivity index (χ1) is 9.60. The molecule has 0 spiro atoms. The van der Waals surface area contributed by atoms with Gasteiger partial charge in [0, 0.05) is 25.1 Å². The van der Waals surface area contributed by atoms with E-state index in [9.17, 15) is 0 Å². The fraction of sp³-hybridized carbons (Fsp3) is 0.562. The first kappa shape index (κ1) is 14.9. The van der Waals surface area contributed by atoms with E-state index in [0.717, 1.165) is 35.6 Å². The second kappa shape index (κ2) is 6.27. The van der Waals surface area contributed by atoms with E-state index in [0.29, 0.717) is 18.4 Å². The fourth-order valence-corrected chi connectivity index (χ4v) is 2.78. The lowest BCUT2D eigenvalue weighted by atomic mass is 9.96. The Morgan fingerprint density at radius 3 is 2.65 bits per heavy atom. The molecule has 1 unspecified atom stereocenters. The van der Waals surface area contributed by atoms with Crippen molar-refractivity contribution < 1.29 is 4.74 Å². The average molecular weight is 275 g/mol. The molecule has 1 aromatic heterocycles. The lowest BCUT2D eigenvalue weighted by Gasteiger charge is -2.18. The van der Waals surface area contributed by atoms with E-state index < -0.39 is 0 Å². The van der Waals surface area contributed by atoms with Crippen molar-refractivity contribution in [1.29, 1.82) is 0 Å². The number of hydrogen-bond acceptors (Lipinski definition) is 3. The Morgan fingerprint density at radius 1 is 1.35 bits per heavy atom. The minimum atomic E-state index is 0.313. The van der Waals surface area contributed by atoms with Gasteiger partial charge in [0.1, 0.15) is 11.6 Å². The van der Waals surface area contributed by atoms with Gasteiger partial charge < -0.3 is 15.0 Å². The zero-order valence-electron chi connectivity index (χ0n) is 12.9. The van der Waals surface area contributed by atoms with E-state index >= 15 is 0 Å². The first-order valence-electron chi connectivity index (χ1n) is 7.34. The third-order valence-corrected chi connectivity index (χ3v) is 3.71. The average Bonchev–Trinajstić information content (AvgIpc) is 2.81. The number of rotatable bonds is 6. The second-order valence-electron chi connectivity index (χ2n) is 5.63. The molecule has 1 aromatic carbocycles. The number of methoxy groups -OCH3 is 1. The Balaban J connectivity index is 2.51. The summed E-state index contributed by atoms with van der Waals surface area (Å²) < 4.78 is 7.55. The highest BCUT2D eigenvalue weighted by Crippen LogP contribution is 2.28. The van der Waals surface area contributed by atoms with E-state index in [4.69, 9.17) is 15.5 Å². The van der Waals surface area contributed by atoms with Gasteiger partial charge >= 0.3 is 0 Å². The van der Waals surface area contributed by atoms with Crippen molar-refractivity contribution in [2.45, 2.75) is 39.7 Å². The summed E-state index contributed by atoms with van der Waals surface area (Å²) in [5.41, 5.74) is 8.12. The molecule has 2 rings (SSSR count). The highest BCUT2D eigenvalue weighted by Gasteiger charge is 2.19. The maximum absolute atomic E-state index is 5.98. The Hall–Kier alpha value is -1.55. The van der Waals surface area contributed by atoms with E-state index in [2.05, 4.69) is 31.4 Å². The molecule has 1 atom stereocenters. The van der Waals surface area contributed by atoms with Crippen LogP contribution in [-0.4, -0.2) is 23.2 Å². The second-order valence-corrected chi connectivity index (χ2v) is 5.63. The van der Waals surface area contributed by atoms with Crippen LogP contribution in [0.15, 0.2) is 18.2 Å². The quantitative estimate of drug-likeness (QED) is 0.881. The highest BCUT2D eigenvalue weighted by atomic mass is 16.5. The molecule has 4 nitrogen and oxygen atoms in total. The molecule has 1 heterocycles. The van der Waals surface area contributed by atoms with Gasteiger partial charge in [-0.2, -0.15) is 0 Å². The predicted octanol–water partition coefficient (Wildman–Crippen LogP) is 3.15. The van der Waals surface area contributed by atoms with E-state index in [1.165, 1.54) is 0 Å². The summed E-state index contributed by atoms with van der Waals surface area (Å²) in [6.45, 7) is 8.15. The normalized spacial score (nSPS) is 13.1. The molecule has 0 saturated carbocycles. The standard InChI is InChI=1S/C16H25N3O/c1-5-19-15-7-6-13(20-4)9-14(15)18-16(19)12(10-17)8-11(2)3/h6-7,9,11-12H,5,8,10,17H2,1-4H3. The maximum Gasteiger partial charge on any atom is 0.121 e. The molecule has 0 saturated heterocycles. The number of nitrogens with two attached hydrogens (primary N) is 1. The smallest absolute Gasteiger partial charge is 0.121 e. The molecule has 2 N–H and O–H groups in total. The molecule has 4 heteroatoms. The lowest BCUT2D eigenvalue weighted by molar-refractivity contribution is 0.415. The minimum Gasteiger partial charge on any atom is -0.497 e. The first-order valence-corrected chi connectivity index (χ1v) is 7.34. The minimum absolute atomic E-state index is 0.313. The molecule has 2 aromatic rings. The van der Waals surface area contributed by atoms with E-state index in [1.54, 1.807) is 7.11 Å². The van der Waals surface area contributed by atoms with Crippen LogP contribution in [0.4, 0.5) is 0 Å². The van der Waals surface area contributed by atoms with Crippen molar-refractivity contribution in [3.63, 3.8) is 0 Å². The summed E-state index contributed by atoms with van der Waals surface area (Å²) >= 11 is 0. The summed E-state index contributed by atoms with van der Waals surface area (Å²) in [6, 6.07) is 6.06. The number of aryl methyl sites for hydroxylation is 1. The molecule has 0 radical (unpaired) electrons. The van der Waals surface area contributed by atoms with Gasteiger partial charge in [0.05, 0.1) is 18.1 Å². The van der Waals surface area contributed by atoms with E-state index in [-0.39, 0.29) is 0 Å². The summed E-state index contributed by atoms with van der Waals surface area (Å²) in [5.74, 6) is 2.88. The fourth-order valence-electron chi connectivity index (χ4n) is 2.78. The lowest BCUT2D eigenvalue weighted by Crippen LogP contribution is -2.19. The molecular weight excluding hydrogens is 250 g/mol. The van der Waals surface area contributed by atoms with Gasteiger partial charge in [-0.05, 0) is 31.4 Å².